The molecule has 5 heterocycles. The Kier molecular flexibility index (Phi) is 5.44. The minimum Gasteiger partial charge on any atom is -0.396 e. The van der Waals surface area contributed by atoms with Crippen molar-refractivity contribution in [2.75, 3.05) is 24.7 Å². The molecule has 1 aliphatic carbocycles. The lowest BCUT2D eigenvalue weighted by Gasteiger charge is -2.27. The molecule has 35 heavy (non-hydrogen) atoms. The monoisotopic (exact) mass is 487 g/mol. The topological polar surface area (TPSA) is 124 Å². The standard InChI is InChI=1S/C23H27F2N7O3/c24-21(25)20-16(9-32(29-20)13-3-1-12(10-33)2-4-13)19-18(22(26)34)23-27-17(5-6-31(23)28-19)30-8-15-7-14(30)11-35-15/h5-6,9,12-15,21,33H,1-4,7-8,10-11H2,(H2,26,34)/t12?,13?,14-,15-/m1/s1. The predicted octanol–water partition coefficient (Wildman–Crippen LogP) is 2.33. The maximum Gasteiger partial charge on any atom is 0.282 e. The lowest BCUT2D eigenvalue weighted by atomic mass is 9.87. The van der Waals surface area contributed by atoms with E-state index in [-0.39, 0.29) is 53.2 Å². The van der Waals surface area contributed by atoms with E-state index in [1.54, 1.807) is 16.9 Å². The van der Waals surface area contributed by atoms with E-state index in [4.69, 9.17) is 10.5 Å². The molecule has 3 aromatic rings. The number of rotatable bonds is 6. The molecule has 3 N–H and O–H groups in total. The first-order chi connectivity index (χ1) is 16.9. The van der Waals surface area contributed by atoms with Crippen molar-refractivity contribution in [2.45, 2.75) is 56.7 Å². The van der Waals surface area contributed by atoms with Gasteiger partial charge in [-0.1, -0.05) is 0 Å². The van der Waals surface area contributed by atoms with Crippen molar-refractivity contribution in [3.63, 3.8) is 0 Å². The van der Waals surface area contributed by atoms with Crippen LogP contribution in [0.3, 0.4) is 0 Å². The molecule has 2 aliphatic heterocycles. The highest BCUT2D eigenvalue weighted by Crippen LogP contribution is 2.38. The summed E-state index contributed by atoms with van der Waals surface area (Å²) in [7, 11) is 0. The van der Waals surface area contributed by atoms with Crippen LogP contribution in [0, 0.1) is 5.92 Å². The quantitative estimate of drug-likeness (QED) is 0.547. The van der Waals surface area contributed by atoms with E-state index < -0.39 is 18.0 Å². The molecular weight excluding hydrogens is 460 g/mol. The van der Waals surface area contributed by atoms with E-state index in [2.05, 4.69) is 20.1 Å². The Morgan fingerprint density at radius 2 is 2.03 bits per heavy atom. The van der Waals surface area contributed by atoms with Gasteiger partial charge in [0.25, 0.3) is 12.3 Å². The molecular formula is C23H27F2N7O3. The van der Waals surface area contributed by atoms with Gasteiger partial charge in [-0.05, 0) is 44.1 Å². The number of carbonyl (C=O) groups excluding carboxylic acids is 1. The second-order valence-electron chi connectivity index (χ2n) is 9.70. The number of aliphatic hydroxyl groups excluding tert-OH is 1. The summed E-state index contributed by atoms with van der Waals surface area (Å²) in [5.41, 5.74) is 5.65. The smallest absolute Gasteiger partial charge is 0.282 e. The molecule has 1 amide bonds. The molecule has 2 atom stereocenters. The molecule has 1 saturated carbocycles. The van der Waals surface area contributed by atoms with E-state index in [9.17, 15) is 18.7 Å². The number of hydrogen-bond acceptors (Lipinski definition) is 7. The van der Waals surface area contributed by atoms with Crippen molar-refractivity contribution >= 4 is 17.4 Å². The Balaban J connectivity index is 1.41. The van der Waals surface area contributed by atoms with E-state index in [1.165, 1.54) is 10.7 Å². The molecule has 2 saturated heterocycles. The third kappa shape index (κ3) is 3.75. The van der Waals surface area contributed by atoms with Gasteiger partial charge in [-0.15, -0.1) is 0 Å². The number of morpholine rings is 1. The van der Waals surface area contributed by atoms with Crippen LogP contribution in [0.1, 0.15) is 60.6 Å². The van der Waals surface area contributed by atoms with Gasteiger partial charge >= 0.3 is 0 Å². The minimum atomic E-state index is -2.85. The number of aromatic nitrogens is 5. The summed E-state index contributed by atoms with van der Waals surface area (Å²) in [6.45, 7) is 1.47. The van der Waals surface area contributed by atoms with Crippen molar-refractivity contribution < 1.29 is 23.4 Å². The second-order valence-corrected chi connectivity index (χ2v) is 9.70. The van der Waals surface area contributed by atoms with Gasteiger partial charge in [-0.25, -0.2) is 18.3 Å². The largest absolute Gasteiger partial charge is 0.396 e. The van der Waals surface area contributed by atoms with Crippen molar-refractivity contribution in [2.24, 2.45) is 11.7 Å². The second kappa shape index (κ2) is 8.52. The molecule has 3 fully saturated rings. The van der Waals surface area contributed by atoms with Crippen LogP contribution in [-0.4, -0.2) is 67.3 Å². The van der Waals surface area contributed by atoms with Gasteiger partial charge in [-0.3, -0.25) is 9.48 Å². The molecule has 12 heteroatoms. The van der Waals surface area contributed by atoms with Crippen LogP contribution in [0.4, 0.5) is 14.6 Å². The van der Waals surface area contributed by atoms with Crippen LogP contribution in [0.15, 0.2) is 18.5 Å². The summed E-state index contributed by atoms with van der Waals surface area (Å²) in [6, 6.07) is 1.96. The van der Waals surface area contributed by atoms with Crippen LogP contribution in [0.2, 0.25) is 0 Å². The number of nitrogens with zero attached hydrogens (tertiary/aromatic N) is 6. The number of nitrogens with two attached hydrogens (primary N) is 1. The van der Waals surface area contributed by atoms with E-state index >= 15 is 0 Å². The summed E-state index contributed by atoms with van der Waals surface area (Å²) in [5.74, 6) is 0.114. The SMILES string of the molecule is NC(=O)c1c(-c2cn(C3CCC(CO)CC3)nc2C(F)F)nn2ccc(N3C[C@H]4C[C@@H]3CO4)nc12. The molecule has 0 spiro atoms. The Morgan fingerprint density at radius 3 is 2.66 bits per heavy atom. The zero-order valence-corrected chi connectivity index (χ0v) is 19.1. The summed E-state index contributed by atoms with van der Waals surface area (Å²) in [4.78, 5) is 19.3. The van der Waals surface area contributed by atoms with Crippen LogP contribution >= 0.6 is 0 Å². The fourth-order valence-corrected chi connectivity index (χ4v) is 5.70. The number of amides is 1. The number of carbonyl (C=O) groups is 1. The fraction of sp³-hybridized carbons (Fsp3) is 0.565. The zero-order valence-electron chi connectivity index (χ0n) is 19.1. The highest BCUT2D eigenvalue weighted by atomic mass is 19.3. The van der Waals surface area contributed by atoms with Gasteiger partial charge in [0.05, 0.1) is 30.4 Å². The Hall–Kier alpha value is -3.12. The predicted molar refractivity (Wildman–Crippen MR) is 121 cm³/mol. The Labute approximate surface area is 199 Å². The molecule has 10 nitrogen and oxygen atoms in total. The third-order valence-corrected chi connectivity index (χ3v) is 7.58. The minimum absolute atomic E-state index is 0.00195. The number of primary amides is 1. The van der Waals surface area contributed by atoms with E-state index in [0.717, 1.165) is 32.1 Å². The maximum absolute atomic E-state index is 14.1. The van der Waals surface area contributed by atoms with Gasteiger partial charge in [0.15, 0.2) is 5.65 Å². The molecule has 0 unspecified atom stereocenters. The molecule has 3 aliphatic rings. The van der Waals surface area contributed by atoms with Crippen LogP contribution in [0.25, 0.3) is 16.9 Å². The first-order valence-corrected chi connectivity index (χ1v) is 12.0. The summed E-state index contributed by atoms with van der Waals surface area (Å²) in [5, 5.41) is 18.0. The summed E-state index contributed by atoms with van der Waals surface area (Å²) in [6.07, 6.45) is 4.52. The number of aliphatic hydroxyl groups is 1. The lowest BCUT2D eigenvalue weighted by molar-refractivity contribution is 0.0987. The van der Waals surface area contributed by atoms with Crippen molar-refractivity contribution in [1.82, 2.24) is 24.4 Å². The van der Waals surface area contributed by atoms with Gasteiger partial charge in [-0.2, -0.15) is 10.2 Å². The maximum atomic E-state index is 14.1. The van der Waals surface area contributed by atoms with Crippen molar-refractivity contribution in [3.05, 3.63) is 29.7 Å². The fourth-order valence-electron chi connectivity index (χ4n) is 5.70. The number of hydrogen-bond donors (Lipinski definition) is 2. The number of ether oxygens (including phenoxy) is 1. The Morgan fingerprint density at radius 1 is 1.23 bits per heavy atom. The van der Waals surface area contributed by atoms with Crippen LogP contribution in [0.5, 0.6) is 0 Å². The van der Waals surface area contributed by atoms with Gasteiger partial charge in [0.1, 0.15) is 22.8 Å². The van der Waals surface area contributed by atoms with Crippen molar-refractivity contribution in [3.8, 4) is 11.3 Å². The molecule has 6 rings (SSSR count). The van der Waals surface area contributed by atoms with Crippen LogP contribution in [-0.2, 0) is 4.74 Å². The summed E-state index contributed by atoms with van der Waals surface area (Å²) >= 11 is 0. The number of fused-ring (bicyclic) bond motifs is 3. The number of anilines is 1. The number of alkyl halides is 2. The van der Waals surface area contributed by atoms with E-state index in [0.29, 0.717) is 19.0 Å². The average Bonchev–Trinajstić information content (AvgIpc) is 3.65. The normalized spacial score (nSPS) is 26.3. The molecule has 0 radical (unpaired) electrons. The van der Waals surface area contributed by atoms with Crippen LogP contribution < -0.4 is 10.6 Å². The highest BCUT2D eigenvalue weighted by molar-refractivity contribution is 6.05. The first kappa shape index (κ1) is 22.4. The van der Waals surface area contributed by atoms with Crippen molar-refractivity contribution in [1.29, 1.82) is 0 Å². The Bertz CT molecular complexity index is 1270. The molecule has 186 valence electrons. The lowest BCUT2D eigenvalue weighted by Crippen LogP contribution is -2.37. The average molecular weight is 488 g/mol. The van der Waals surface area contributed by atoms with Gasteiger partial charge in [0.2, 0.25) is 0 Å². The first-order valence-electron chi connectivity index (χ1n) is 12.0. The van der Waals surface area contributed by atoms with Gasteiger partial charge in [0, 0.05) is 25.5 Å². The number of halogens is 2. The molecule has 0 aromatic carbocycles. The van der Waals surface area contributed by atoms with Gasteiger partial charge < -0.3 is 20.5 Å². The molecule has 2 bridgehead atoms. The third-order valence-electron chi connectivity index (χ3n) is 7.58. The zero-order chi connectivity index (χ0) is 24.3. The highest BCUT2D eigenvalue weighted by Gasteiger charge is 2.40. The van der Waals surface area contributed by atoms with E-state index in [1.807, 2.05) is 0 Å². The molecule has 3 aromatic heterocycles. The summed E-state index contributed by atoms with van der Waals surface area (Å²) < 4.78 is 36.7.